The van der Waals surface area contributed by atoms with E-state index in [0.29, 0.717) is 0 Å². The second-order valence-corrected chi connectivity index (χ2v) is 5.85. The van der Waals surface area contributed by atoms with Crippen molar-refractivity contribution < 1.29 is 9.90 Å². The minimum Gasteiger partial charge on any atom is -0.481 e. The first-order valence-corrected chi connectivity index (χ1v) is 7.93. The Morgan fingerprint density at radius 2 is 2.24 bits per heavy atom. The van der Waals surface area contributed by atoms with Crippen molar-refractivity contribution in [2.45, 2.75) is 32.6 Å². The molecular weight excluding hydrogens is 282 g/mol. The Morgan fingerprint density at radius 1 is 1.38 bits per heavy atom. The van der Waals surface area contributed by atoms with Crippen molar-refractivity contribution in [3.8, 4) is 0 Å². The zero-order valence-corrected chi connectivity index (χ0v) is 12.9. The van der Waals surface area contributed by atoms with Gasteiger partial charge in [0.2, 0.25) is 0 Å². The molecule has 0 aliphatic carbocycles. The van der Waals surface area contributed by atoms with Crippen LogP contribution >= 0.6 is 11.3 Å². The van der Waals surface area contributed by atoms with Gasteiger partial charge in [-0.15, -0.1) is 11.3 Å². The van der Waals surface area contributed by atoms with Crippen LogP contribution in [0.25, 0.3) is 5.57 Å². The molecule has 0 unspecified atom stereocenters. The molecule has 0 aliphatic heterocycles. The number of allylic oxidation sites excluding steroid dienone is 1. The van der Waals surface area contributed by atoms with Crippen molar-refractivity contribution in [1.29, 1.82) is 0 Å². The monoisotopic (exact) mass is 301 g/mol. The van der Waals surface area contributed by atoms with Gasteiger partial charge in [-0.1, -0.05) is 12.1 Å². The molecule has 3 nitrogen and oxygen atoms in total. The number of hydrogen-bond donors (Lipinski definition) is 1. The summed E-state index contributed by atoms with van der Waals surface area (Å²) in [6, 6.07) is 6.13. The lowest BCUT2D eigenvalue weighted by Crippen LogP contribution is -1.93. The molecule has 0 aromatic carbocycles. The summed E-state index contributed by atoms with van der Waals surface area (Å²) in [5.74, 6) is -0.722. The molecule has 110 valence electrons. The predicted octanol–water partition coefficient (Wildman–Crippen LogP) is 4.53. The van der Waals surface area contributed by atoms with Crippen LogP contribution < -0.4 is 0 Å². The van der Waals surface area contributed by atoms with Crippen molar-refractivity contribution in [1.82, 2.24) is 4.98 Å². The maximum Gasteiger partial charge on any atom is 0.303 e. The Hall–Kier alpha value is -1.94. The molecule has 0 atom stereocenters. The summed E-state index contributed by atoms with van der Waals surface area (Å²) in [5.41, 5.74) is 3.58. The van der Waals surface area contributed by atoms with Crippen molar-refractivity contribution in [2.24, 2.45) is 0 Å². The van der Waals surface area contributed by atoms with Gasteiger partial charge in [0.25, 0.3) is 0 Å². The lowest BCUT2D eigenvalue weighted by molar-refractivity contribution is -0.137. The highest BCUT2D eigenvalue weighted by Crippen LogP contribution is 2.30. The molecule has 2 heterocycles. The smallest absolute Gasteiger partial charge is 0.303 e. The summed E-state index contributed by atoms with van der Waals surface area (Å²) in [4.78, 5) is 16.0. The van der Waals surface area contributed by atoms with Gasteiger partial charge in [0, 0.05) is 29.3 Å². The standard InChI is InChI=1S/C17H19NO2S/c1-13-9-11-21-17(13)15(14-6-5-10-18-12-14)7-3-2-4-8-16(19)20/h5-7,9-12H,2-4,8H2,1H3,(H,19,20)/b15-7+. The fourth-order valence-electron chi connectivity index (χ4n) is 2.18. The fourth-order valence-corrected chi connectivity index (χ4v) is 3.17. The van der Waals surface area contributed by atoms with Crippen LogP contribution in [0, 0.1) is 6.92 Å². The first kappa shape index (κ1) is 15.4. The topological polar surface area (TPSA) is 50.2 Å². The first-order chi connectivity index (χ1) is 10.2. The van der Waals surface area contributed by atoms with Gasteiger partial charge in [-0.05, 0) is 54.8 Å². The van der Waals surface area contributed by atoms with E-state index in [1.165, 1.54) is 16.0 Å². The van der Waals surface area contributed by atoms with Gasteiger partial charge in [0.15, 0.2) is 0 Å². The lowest BCUT2D eigenvalue weighted by atomic mass is 10.0. The number of carboxylic acids is 1. The number of aryl methyl sites for hydroxylation is 1. The van der Waals surface area contributed by atoms with Gasteiger partial charge >= 0.3 is 5.97 Å². The molecule has 0 amide bonds. The normalized spacial score (nSPS) is 11.6. The van der Waals surface area contributed by atoms with Gasteiger partial charge in [-0.2, -0.15) is 0 Å². The molecule has 2 aromatic heterocycles. The first-order valence-electron chi connectivity index (χ1n) is 7.05. The third-order valence-corrected chi connectivity index (χ3v) is 4.32. The number of pyridine rings is 1. The minimum atomic E-state index is -0.722. The van der Waals surface area contributed by atoms with Crippen LogP contribution in [0.5, 0.6) is 0 Å². The lowest BCUT2D eigenvalue weighted by Gasteiger charge is -2.07. The summed E-state index contributed by atoms with van der Waals surface area (Å²) in [7, 11) is 0. The second kappa shape index (κ2) is 7.74. The molecule has 4 heteroatoms. The number of nitrogens with zero attached hydrogens (tertiary/aromatic N) is 1. The number of unbranched alkanes of at least 4 members (excludes halogenated alkanes) is 2. The Balaban J connectivity index is 2.13. The maximum atomic E-state index is 10.5. The van der Waals surface area contributed by atoms with E-state index >= 15 is 0 Å². The van der Waals surface area contributed by atoms with E-state index in [-0.39, 0.29) is 6.42 Å². The molecular formula is C17H19NO2S. The van der Waals surface area contributed by atoms with E-state index in [9.17, 15) is 4.79 Å². The van der Waals surface area contributed by atoms with E-state index in [1.54, 1.807) is 17.5 Å². The zero-order valence-electron chi connectivity index (χ0n) is 12.1. The SMILES string of the molecule is Cc1ccsc1/C(=C/CCCCC(=O)O)c1cccnc1. The highest BCUT2D eigenvalue weighted by molar-refractivity contribution is 7.11. The number of carboxylic acid groups (broad SMARTS) is 1. The van der Waals surface area contributed by atoms with E-state index in [2.05, 4.69) is 35.5 Å². The number of rotatable bonds is 7. The molecule has 0 bridgehead atoms. The van der Waals surface area contributed by atoms with Gasteiger partial charge in [-0.3, -0.25) is 9.78 Å². The zero-order chi connectivity index (χ0) is 15.1. The third-order valence-electron chi connectivity index (χ3n) is 3.27. The summed E-state index contributed by atoms with van der Waals surface area (Å²) in [6.45, 7) is 2.11. The molecule has 0 saturated heterocycles. The largest absolute Gasteiger partial charge is 0.481 e. The molecule has 21 heavy (non-hydrogen) atoms. The van der Waals surface area contributed by atoms with Crippen molar-refractivity contribution in [3.05, 3.63) is 58.1 Å². The van der Waals surface area contributed by atoms with Gasteiger partial charge in [-0.25, -0.2) is 0 Å². The Labute approximate surface area is 129 Å². The average Bonchev–Trinajstić information content (AvgIpc) is 2.89. The number of aliphatic carboxylic acids is 1. The van der Waals surface area contributed by atoms with Crippen molar-refractivity contribution in [3.63, 3.8) is 0 Å². The molecule has 1 N–H and O–H groups in total. The highest BCUT2D eigenvalue weighted by atomic mass is 32.1. The van der Waals surface area contributed by atoms with Crippen LogP contribution in [0.1, 0.15) is 41.7 Å². The molecule has 0 aliphatic rings. The molecule has 0 spiro atoms. The number of thiophene rings is 1. The minimum absolute atomic E-state index is 0.244. The number of hydrogen-bond acceptors (Lipinski definition) is 3. The van der Waals surface area contributed by atoms with Crippen LogP contribution in [-0.2, 0) is 4.79 Å². The van der Waals surface area contributed by atoms with Gasteiger partial charge < -0.3 is 5.11 Å². The van der Waals surface area contributed by atoms with Crippen LogP contribution in [0.4, 0.5) is 0 Å². The third kappa shape index (κ3) is 4.53. The Morgan fingerprint density at radius 3 is 2.86 bits per heavy atom. The van der Waals surface area contributed by atoms with E-state index in [4.69, 9.17) is 5.11 Å². The summed E-state index contributed by atoms with van der Waals surface area (Å²) < 4.78 is 0. The molecule has 0 saturated carbocycles. The van der Waals surface area contributed by atoms with Crippen LogP contribution in [0.2, 0.25) is 0 Å². The van der Waals surface area contributed by atoms with Crippen LogP contribution in [0.3, 0.4) is 0 Å². The molecule has 2 aromatic rings. The quantitative estimate of drug-likeness (QED) is 0.764. The number of aromatic nitrogens is 1. The van der Waals surface area contributed by atoms with E-state index in [1.807, 2.05) is 12.3 Å². The van der Waals surface area contributed by atoms with Crippen LogP contribution in [0.15, 0.2) is 42.0 Å². The van der Waals surface area contributed by atoms with Crippen LogP contribution in [-0.4, -0.2) is 16.1 Å². The number of carbonyl (C=O) groups is 1. The second-order valence-electron chi connectivity index (χ2n) is 4.93. The Bertz CT molecular complexity index is 617. The average molecular weight is 301 g/mol. The highest BCUT2D eigenvalue weighted by Gasteiger charge is 2.09. The molecule has 0 fully saturated rings. The Kier molecular flexibility index (Phi) is 5.69. The van der Waals surface area contributed by atoms with Gasteiger partial charge in [0.1, 0.15) is 0 Å². The fraction of sp³-hybridized carbons (Fsp3) is 0.294. The van der Waals surface area contributed by atoms with Crippen molar-refractivity contribution >= 4 is 22.9 Å². The van der Waals surface area contributed by atoms with Gasteiger partial charge in [0.05, 0.1) is 0 Å². The summed E-state index contributed by atoms with van der Waals surface area (Å²) in [5, 5.41) is 10.8. The summed E-state index contributed by atoms with van der Waals surface area (Å²) in [6.07, 6.45) is 8.59. The van der Waals surface area contributed by atoms with Crippen molar-refractivity contribution in [2.75, 3.05) is 0 Å². The van der Waals surface area contributed by atoms with E-state index in [0.717, 1.165) is 24.8 Å². The summed E-state index contributed by atoms with van der Waals surface area (Å²) >= 11 is 1.73. The molecule has 2 rings (SSSR count). The maximum absolute atomic E-state index is 10.5. The van der Waals surface area contributed by atoms with E-state index < -0.39 is 5.97 Å². The predicted molar refractivity (Wildman–Crippen MR) is 86.5 cm³/mol. The molecule has 0 radical (unpaired) electrons.